The molecule has 3 heteroatoms. The molecule has 0 spiro atoms. The van der Waals surface area contributed by atoms with Crippen molar-refractivity contribution in [1.29, 1.82) is 0 Å². The molecule has 0 bridgehead atoms. The average molecular weight is 272 g/mol. The summed E-state index contributed by atoms with van der Waals surface area (Å²) in [6.07, 6.45) is 4.06. The van der Waals surface area contributed by atoms with Crippen molar-refractivity contribution in [2.24, 2.45) is 5.73 Å². The molecular weight excluding hydrogens is 248 g/mol. The molecule has 0 saturated carbocycles. The Morgan fingerprint density at radius 3 is 2.95 bits per heavy atom. The molecular formula is C17H24N2O. The number of likely N-dealkylation sites (N-methyl/N-ethyl adjacent to an activating group) is 1. The lowest BCUT2D eigenvalue weighted by Crippen LogP contribution is -2.33. The molecule has 1 atom stereocenters. The highest BCUT2D eigenvalue weighted by Gasteiger charge is 2.16. The maximum absolute atomic E-state index is 5.80. The van der Waals surface area contributed by atoms with Gasteiger partial charge in [0.1, 0.15) is 0 Å². The highest BCUT2D eigenvalue weighted by atomic mass is 16.5. The van der Waals surface area contributed by atoms with Gasteiger partial charge >= 0.3 is 0 Å². The summed E-state index contributed by atoms with van der Waals surface area (Å²) in [5.74, 6) is 6.08. The van der Waals surface area contributed by atoms with Crippen LogP contribution in [0.15, 0.2) is 24.3 Å². The molecule has 1 aromatic carbocycles. The van der Waals surface area contributed by atoms with E-state index in [1.807, 2.05) is 6.07 Å². The van der Waals surface area contributed by atoms with Crippen LogP contribution in [-0.4, -0.2) is 37.7 Å². The summed E-state index contributed by atoms with van der Waals surface area (Å²) in [6.45, 7) is 3.20. The average Bonchev–Trinajstić information content (AvgIpc) is 2.47. The Balaban J connectivity index is 1.94. The van der Waals surface area contributed by atoms with Crippen LogP contribution >= 0.6 is 0 Å². The summed E-state index contributed by atoms with van der Waals surface area (Å²) >= 11 is 0. The molecule has 0 amide bonds. The van der Waals surface area contributed by atoms with Gasteiger partial charge in [0.05, 0.1) is 12.6 Å². The van der Waals surface area contributed by atoms with E-state index in [-0.39, 0.29) is 0 Å². The number of rotatable bonds is 4. The molecule has 1 heterocycles. The molecule has 1 aliphatic heterocycles. The Hall–Kier alpha value is -1.34. The number of ether oxygens (including phenoxy) is 1. The number of hydrogen-bond acceptors (Lipinski definition) is 3. The van der Waals surface area contributed by atoms with Crippen molar-refractivity contribution in [3.05, 3.63) is 35.4 Å². The fraction of sp³-hybridized carbons (Fsp3) is 0.529. The van der Waals surface area contributed by atoms with Gasteiger partial charge in [-0.2, -0.15) is 0 Å². The molecule has 20 heavy (non-hydrogen) atoms. The van der Waals surface area contributed by atoms with E-state index in [1.165, 1.54) is 24.8 Å². The van der Waals surface area contributed by atoms with Crippen LogP contribution in [0, 0.1) is 11.8 Å². The molecule has 1 fully saturated rings. The second-order valence-corrected chi connectivity index (χ2v) is 5.35. The number of benzene rings is 1. The largest absolute Gasteiger partial charge is 0.377 e. The molecule has 3 nitrogen and oxygen atoms in total. The van der Waals surface area contributed by atoms with Crippen LogP contribution in [0.5, 0.6) is 0 Å². The van der Waals surface area contributed by atoms with Crippen molar-refractivity contribution in [3.63, 3.8) is 0 Å². The fourth-order valence-electron chi connectivity index (χ4n) is 2.58. The lowest BCUT2D eigenvalue weighted by molar-refractivity contribution is -0.00260. The van der Waals surface area contributed by atoms with Crippen LogP contribution in [0.1, 0.15) is 30.4 Å². The predicted molar refractivity (Wildman–Crippen MR) is 82.3 cm³/mol. The van der Waals surface area contributed by atoms with E-state index in [4.69, 9.17) is 10.5 Å². The highest BCUT2D eigenvalue weighted by Crippen LogP contribution is 2.15. The summed E-state index contributed by atoms with van der Waals surface area (Å²) in [6, 6.07) is 8.28. The molecule has 1 unspecified atom stereocenters. The first-order chi connectivity index (χ1) is 9.79. The van der Waals surface area contributed by atoms with Gasteiger partial charge in [0, 0.05) is 25.3 Å². The minimum absolute atomic E-state index is 0.385. The van der Waals surface area contributed by atoms with Crippen LogP contribution in [0.3, 0.4) is 0 Å². The first-order valence-corrected chi connectivity index (χ1v) is 7.36. The highest BCUT2D eigenvalue weighted by molar-refractivity contribution is 5.41. The standard InChI is InChI=1S/C17H24N2O/c1-19(14-17-10-4-5-12-20-17)13-16-8-3-2-7-15(16)9-6-11-18/h2-3,7-8,17H,4-5,10-14,18H2,1H3. The van der Waals surface area contributed by atoms with Gasteiger partial charge < -0.3 is 10.5 Å². The summed E-state index contributed by atoms with van der Waals surface area (Å²) in [5, 5.41) is 0. The third kappa shape index (κ3) is 4.64. The molecule has 1 aliphatic rings. The van der Waals surface area contributed by atoms with Crippen LogP contribution in [0.2, 0.25) is 0 Å². The van der Waals surface area contributed by atoms with Gasteiger partial charge in [0.25, 0.3) is 0 Å². The predicted octanol–water partition coefficient (Wildman–Crippen LogP) is 2.00. The molecule has 108 valence electrons. The van der Waals surface area contributed by atoms with Gasteiger partial charge in [-0.25, -0.2) is 0 Å². The first-order valence-electron chi connectivity index (χ1n) is 7.36. The molecule has 1 saturated heterocycles. The quantitative estimate of drug-likeness (QED) is 0.852. The Kier molecular flexibility index (Phi) is 6.07. The normalized spacial score (nSPS) is 18.6. The van der Waals surface area contributed by atoms with Gasteiger partial charge in [-0.05, 0) is 37.9 Å². The van der Waals surface area contributed by atoms with Gasteiger partial charge in [-0.1, -0.05) is 30.0 Å². The van der Waals surface area contributed by atoms with Crippen molar-refractivity contribution in [1.82, 2.24) is 4.90 Å². The van der Waals surface area contributed by atoms with E-state index < -0.39 is 0 Å². The van der Waals surface area contributed by atoms with Gasteiger partial charge in [0.2, 0.25) is 0 Å². The van der Waals surface area contributed by atoms with E-state index in [2.05, 4.69) is 42.0 Å². The number of nitrogens with zero attached hydrogens (tertiary/aromatic N) is 1. The van der Waals surface area contributed by atoms with E-state index >= 15 is 0 Å². The van der Waals surface area contributed by atoms with E-state index in [9.17, 15) is 0 Å². The van der Waals surface area contributed by atoms with Gasteiger partial charge in [0.15, 0.2) is 0 Å². The maximum atomic E-state index is 5.80. The Morgan fingerprint density at radius 1 is 1.35 bits per heavy atom. The molecule has 0 radical (unpaired) electrons. The number of hydrogen-bond donors (Lipinski definition) is 1. The van der Waals surface area contributed by atoms with Crippen molar-refractivity contribution in [2.45, 2.75) is 31.9 Å². The zero-order valence-electron chi connectivity index (χ0n) is 12.3. The molecule has 2 N–H and O–H groups in total. The SMILES string of the molecule is CN(Cc1ccccc1C#CCN)CC1CCCCO1. The van der Waals surface area contributed by atoms with E-state index in [0.29, 0.717) is 12.6 Å². The van der Waals surface area contributed by atoms with Crippen molar-refractivity contribution >= 4 is 0 Å². The van der Waals surface area contributed by atoms with E-state index in [0.717, 1.165) is 25.3 Å². The van der Waals surface area contributed by atoms with Crippen molar-refractivity contribution in [2.75, 3.05) is 26.7 Å². The summed E-state index contributed by atoms with van der Waals surface area (Å²) in [4.78, 5) is 2.32. The van der Waals surface area contributed by atoms with Gasteiger partial charge in [-0.3, -0.25) is 4.90 Å². The first kappa shape index (κ1) is 15.1. The molecule has 0 aromatic heterocycles. The maximum Gasteiger partial charge on any atom is 0.0702 e. The zero-order chi connectivity index (χ0) is 14.2. The Bertz CT molecular complexity index is 469. The van der Waals surface area contributed by atoms with Crippen molar-refractivity contribution in [3.8, 4) is 11.8 Å². The molecule has 1 aromatic rings. The zero-order valence-corrected chi connectivity index (χ0v) is 12.3. The monoisotopic (exact) mass is 272 g/mol. The summed E-state index contributed by atoms with van der Waals surface area (Å²) < 4.78 is 5.80. The Morgan fingerprint density at radius 2 is 2.20 bits per heavy atom. The smallest absolute Gasteiger partial charge is 0.0702 e. The molecule has 0 aliphatic carbocycles. The second kappa shape index (κ2) is 8.06. The second-order valence-electron chi connectivity index (χ2n) is 5.35. The van der Waals surface area contributed by atoms with E-state index in [1.54, 1.807) is 0 Å². The van der Waals surface area contributed by atoms with Crippen molar-refractivity contribution < 1.29 is 4.74 Å². The van der Waals surface area contributed by atoms with Crippen LogP contribution in [0.4, 0.5) is 0 Å². The van der Waals surface area contributed by atoms with Crippen LogP contribution < -0.4 is 5.73 Å². The lowest BCUT2D eigenvalue weighted by atomic mass is 10.1. The summed E-state index contributed by atoms with van der Waals surface area (Å²) in [7, 11) is 2.14. The Labute approximate surface area is 122 Å². The summed E-state index contributed by atoms with van der Waals surface area (Å²) in [5.41, 5.74) is 7.79. The topological polar surface area (TPSA) is 38.5 Å². The minimum atomic E-state index is 0.385. The fourth-order valence-corrected chi connectivity index (χ4v) is 2.58. The third-order valence-electron chi connectivity index (χ3n) is 3.57. The number of nitrogens with two attached hydrogens (primary N) is 1. The van der Waals surface area contributed by atoms with Gasteiger partial charge in [-0.15, -0.1) is 0 Å². The molecule has 2 rings (SSSR count). The van der Waals surface area contributed by atoms with Crippen LogP contribution in [0.25, 0.3) is 0 Å². The minimum Gasteiger partial charge on any atom is -0.377 e. The van der Waals surface area contributed by atoms with Crippen LogP contribution in [-0.2, 0) is 11.3 Å². The third-order valence-corrected chi connectivity index (χ3v) is 3.57. The lowest BCUT2D eigenvalue weighted by Gasteiger charge is -2.27.